The second-order valence-corrected chi connectivity index (χ2v) is 6.92. The zero-order chi connectivity index (χ0) is 13.7. The monoisotopic (exact) mass is 267 g/mol. The first-order valence-corrected chi connectivity index (χ1v) is 8.16. The minimum absolute atomic E-state index is 0.268. The minimum Gasteiger partial charge on any atom is -0.310 e. The van der Waals surface area contributed by atoms with Crippen LogP contribution in [0.15, 0.2) is 18.2 Å². The molecular weight excluding hydrogens is 242 g/mol. The molecule has 1 N–H and O–H groups in total. The number of nitrogens with one attached hydrogen (secondary N) is 1. The molecule has 1 aromatic carbocycles. The van der Waals surface area contributed by atoms with Gasteiger partial charge in [0.05, 0.1) is 0 Å². The van der Waals surface area contributed by atoms with Gasteiger partial charge in [-0.15, -0.1) is 0 Å². The molecule has 0 aliphatic rings. The number of hydrogen-bond donors (Lipinski definition) is 1. The van der Waals surface area contributed by atoms with Crippen molar-refractivity contribution in [2.75, 3.05) is 12.8 Å². The van der Waals surface area contributed by atoms with E-state index in [9.17, 15) is 4.21 Å². The maximum Gasteiger partial charge on any atom is 0.0329 e. The molecule has 0 amide bonds. The van der Waals surface area contributed by atoms with E-state index in [-0.39, 0.29) is 5.25 Å². The van der Waals surface area contributed by atoms with Crippen LogP contribution in [0.3, 0.4) is 0 Å². The van der Waals surface area contributed by atoms with Crippen LogP contribution in [0.2, 0.25) is 0 Å². The maximum absolute atomic E-state index is 11.3. The molecule has 1 rings (SSSR count). The fourth-order valence-electron chi connectivity index (χ4n) is 1.82. The van der Waals surface area contributed by atoms with E-state index in [4.69, 9.17) is 0 Å². The van der Waals surface area contributed by atoms with Crippen LogP contribution in [-0.2, 0) is 10.8 Å². The molecule has 3 heteroatoms. The second kappa shape index (κ2) is 7.05. The fraction of sp³-hybridized carbons (Fsp3) is 0.600. The van der Waals surface area contributed by atoms with E-state index in [1.807, 2.05) is 6.92 Å². The third-order valence-electron chi connectivity index (χ3n) is 3.60. The van der Waals surface area contributed by atoms with Gasteiger partial charge in [0.1, 0.15) is 0 Å². The standard InChI is InChI=1S/C15H25NOS/c1-11-6-7-15(10-12(11)2)14(4)16-9-8-13(3)18(5)17/h6-7,10,13-14,16H,8-9H2,1-5H3. The zero-order valence-electron chi connectivity index (χ0n) is 12.1. The smallest absolute Gasteiger partial charge is 0.0329 e. The Bertz CT molecular complexity index is 417. The van der Waals surface area contributed by atoms with Crippen molar-refractivity contribution in [3.8, 4) is 0 Å². The van der Waals surface area contributed by atoms with Crippen molar-refractivity contribution >= 4 is 10.8 Å². The lowest BCUT2D eigenvalue weighted by Gasteiger charge is -2.17. The first-order valence-electron chi connectivity index (χ1n) is 6.54. The Morgan fingerprint density at radius 1 is 1.22 bits per heavy atom. The van der Waals surface area contributed by atoms with Crippen molar-refractivity contribution in [2.24, 2.45) is 0 Å². The molecular formula is C15H25NOS. The van der Waals surface area contributed by atoms with Crippen molar-refractivity contribution in [1.82, 2.24) is 5.32 Å². The molecule has 0 fully saturated rings. The second-order valence-electron chi connectivity index (χ2n) is 5.12. The van der Waals surface area contributed by atoms with E-state index in [1.165, 1.54) is 16.7 Å². The van der Waals surface area contributed by atoms with Crippen molar-refractivity contribution in [3.05, 3.63) is 34.9 Å². The van der Waals surface area contributed by atoms with Gasteiger partial charge < -0.3 is 5.32 Å². The summed E-state index contributed by atoms with van der Waals surface area (Å²) in [6.07, 6.45) is 2.73. The highest BCUT2D eigenvalue weighted by atomic mass is 32.2. The van der Waals surface area contributed by atoms with Gasteiger partial charge in [-0.1, -0.05) is 25.1 Å². The first kappa shape index (κ1) is 15.4. The first-order chi connectivity index (χ1) is 8.41. The van der Waals surface area contributed by atoms with Crippen LogP contribution in [0.1, 0.15) is 43.0 Å². The van der Waals surface area contributed by atoms with Gasteiger partial charge in [-0.05, 0) is 50.4 Å². The maximum atomic E-state index is 11.3. The van der Waals surface area contributed by atoms with E-state index in [0.717, 1.165) is 13.0 Å². The number of aryl methyl sites for hydroxylation is 2. The predicted molar refractivity (Wildman–Crippen MR) is 80.5 cm³/mol. The zero-order valence-corrected chi connectivity index (χ0v) is 12.9. The van der Waals surface area contributed by atoms with Crippen LogP contribution in [0, 0.1) is 13.8 Å². The minimum atomic E-state index is -0.716. The Morgan fingerprint density at radius 2 is 1.89 bits per heavy atom. The summed E-state index contributed by atoms with van der Waals surface area (Å²) in [5, 5.41) is 3.76. The summed E-state index contributed by atoms with van der Waals surface area (Å²) in [4.78, 5) is 0. The van der Waals surface area contributed by atoms with Gasteiger partial charge in [0.2, 0.25) is 0 Å². The molecule has 1 aromatic rings. The van der Waals surface area contributed by atoms with Gasteiger partial charge in [-0.2, -0.15) is 0 Å². The molecule has 0 saturated carbocycles. The van der Waals surface area contributed by atoms with Gasteiger partial charge in [0, 0.05) is 28.3 Å². The topological polar surface area (TPSA) is 29.1 Å². The van der Waals surface area contributed by atoms with Crippen LogP contribution in [0.25, 0.3) is 0 Å². The molecule has 0 aliphatic heterocycles. The molecule has 0 aromatic heterocycles. The highest BCUT2D eigenvalue weighted by Crippen LogP contribution is 2.16. The Morgan fingerprint density at radius 3 is 2.44 bits per heavy atom. The molecule has 0 radical (unpaired) electrons. The Balaban J connectivity index is 2.47. The summed E-state index contributed by atoms with van der Waals surface area (Å²) in [7, 11) is -0.716. The van der Waals surface area contributed by atoms with Gasteiger partial charge >= 0.3 is 0 Å². The molecule has 0 aliphatic carbocycles. The van der Waals surface area contributed by atoms with Gasteiger partial charge in [-0.25, -0.2) is 0 Å². The number of hydrogen-bond acceptors (Lipinski definition) is 2. The summed E-state index contributed by atoms with van der Waals surface area (Å²) in [6, 6.07) is 6.95. The van der Waals surface area contributed by atoms with E-state index < -0.39 is 10.8 Å². The number of benzene rings is 1. The van der Waals surface area contributed by atoms with Crippen LogP contribution in [0.4, 0.5) is 0 Å². The van der Waals surface area contributed by atoms with Crippen LogP contribution in [0.5, 0.6) is 0 Å². The normalized spacial score (nSPS) is 16.3. The van der Waals surface area contributed by atoms with E-state index in [2.05, 4.69) is 44.3 Å². The van der Waals surface area contributed by atoms with Crippen LogP contribution >= 0.6 is 0 Å². The summed E-state index contributed by atoms with van der Waals surface area (Å²) >= 11 is 0. The Kier molecular flexibility index (Phi) is 6.03. The predicted octanol–water partition coefficient (Wildman–Crippen LogP) is 3.11. The fourth-order valence-corrected chi connectivity index (χ4v) is 2.27. The lowest BCUT2D eigenvalue weighted by molar-refractivity contribution is 0.553. The summed E-state index contributed by atoms with van der Waals surface area (Å²) in [6.45, 7) is 9.41. The van der Waals surface area contributed by atoms with Crippen molar-refractivity contribution < 1.29 is 4.21 Å². The molecule has 18 heavy (non-hydrogen) atoms. The van der Waals surface area contributed by atoms with Gasteiger partial charge in [0.25, 0.3) is 0 Å². The molecule has 3 atom stereocenters. The van der Waals surface area contributed by atoms with Gasteiger partial charge in [-0.3, -0.25) is 4.21 Å². The van der Waals surface area contributed by atoms with Crippen molar-refractivity contribution in [2.45, 2.75) is 45.4 Å². The molecule has 0 heterocycles. The third kappa shape index (κ3) is 4.54. The molecule has 0 spiro atoms. The van der Waals surface area contributed by atoms with E-state index in [0.29, 0.717) is 6.04 Å². The van der Waals surface area contributed by atoms with Crippen molar-refractivity contribution in [1.29, 1.82) is 0 Å². The quantitative estimate of drug-likeness (QED) is 0.858. The summed E-state index contributed by atoms with van der Waals surface area (Å²) < 4.78 is 11.3. The number of rotatable bonds is 6. The van der Waals surface area contributed by atoms with E-state index in [1.54, 1.807) is 6.26 Å². The Labute approximate surface area is 114 Å². The highest BCUT2D eigenvalue weighted by molar-refractivity contribution is 7.84. The summed E-state index contributed by atoms with van der Waals surface area (Å²) in [5.74, 6) is 0. The average molecular weight is 267 g/mol. The molecule has 0 bridgehead atoms. The van der Waals surface area contributed by atoms with Crippen LogP contribution < -0.4 is 5.32 Å². The lowest BCUT2D eigenvalue weighted by atomic mass is 10.0. The van der Waals surface area contributed by atoms with Crippen LogP contribution in [-0.4, -0.2) is 22.3 Å². The molecule has 102 valence electrons. The summed E-state index contributed by atoms with van der Waals surface area (Å²) in [5.41, 5.74) is 3.99. The third-order valence-corrected chi connectivity index (χ3v) is 4.97. The van der Waals surface area contributed by atoms with Crippen molar-refractivity contribution in [3.63, 3.8) is 0 Å². The SMILES string of the molecule is Cc1ccc(C(C)NCCC(C)S(C)=O)cc1C. The molecule has 2 nitrogen and oxygen atoms in total. The highest BCUT2D eigenvalue weighted by Gasteiger charge is 2.08. The largest absolute Gasteiger partial charge is 0.310 e. The van der Waals surface area contributed by atoms with E-state index >= 15 is 0 Å². The Hall–Kier alpha value is -0.670. The average Bonchev–Trinajstić information content (AvgIpc) is 2.32. The lowest BCUT2D eigenvalue weighted by Crippen LogP contribution is -2.24. The molecule has 3 unspecified atom stereocenters. The van der Waals surface area contributed by atoms with Gasteiger partial charge in [0.15, 0.2) is 0 Å². The molecule has 0 saturated heterocycles.